The lowest BCUT2D eigenvalue weighted by Gasteiger charge is -2.02. The lowest BCUT2D eigenvalue weighted by molar-refractivity contribution is 0.0600. The molecular formula is C10H8N2O3. The Kier molecular flexibility index (Phi) is 2.21. The zero-order valence-corrected chi connectivity index (χ0v) is 7.98. The Hall–Kier alpha value is -2.17. The first kappa shape index (κ1) is 9.39. The van der Waals surface area contributed by atoms with Crippen molar-refractivity contribution >= 4 is 23.3 Å². The largest absolute Gasteiger partial charge is 0.465 e. The average molecular weight is 204 g/mol. The van der Waals surface area contributed by atoms with Crippen LogP contribution in [0.1, 0.15) is 20.7 Å². The molecule has 15 heavy (non-hydrogen) atoms. The number of aldehydes is 1. The summed E-state index contributed by atoms with van der Waals surface area (Å²) in [4.78, 5) is 29.1. The number of rotatable bonds is 2. The van der Waals surface area contributed by atoms with Gasteiger partial charge < -0.3 is 9.72 Å². The summed E-state index contributed by atoms with van der Waals surface area (Å²) in [6, 6.07) is 3.25. The highest BCUT2D eigenvalue weighted by molar-refractivity contribution is 6.08. The number of imidazole rings is 1. The maximum atomic E-state index is 11.5. The van der Waals surface area contributed by atoms with Crippen LogP contribution in [0.5, 0.6) is 0 Å². The topological polar surface area (TPSA) is 72.1 Å². The predicted octanol–water partition coefficient (Wildman–Crippen LogP) is 1.16. The number of methoxy groups -OCH3 is 1. The molecule has 0 aliphatic carbocycles. The molecule has 2 aromatic rings. The summed E-state index contributed by atoms with van der Waals surface area (Å²) in [6.07, 6.45) is 2.08. The molecule has 2 rings (SSSR count). The summed E-state index contributed by atoms with van der Waals surface area (Å²) >= 11 is 0. The summed E-state index contributed by atoms with van der Waals surface area (Å²) < 4.78 is 4.60. The van der Waals surface area contributed by atoms with Crippen molar-refractivity contribution in [2.24, 2.45) is 0 Å². The third-order valence-electron chi connectivity index (χ3n) is 2.14. The number of nitrogens with zero attached hydrogens (tertiary/aromatic N) is 1. The summed E-state index contributed by atoms with van der Waals surface area (Å²) in [5.74, 6) is -0.560. The lowest BCUT2D eigenvalue weighted by Crippen LogP contribution is -2.06. The second kappa shape index (κ2) is 3.53. The van der Waals surface area contributed by atoms with Crippen LogP contribution < -0.4 is 0 Å². The number of benzene rings is 1. The van der Waals surface area contributed by atoms with Crippen molar-refractivity contribution < 1.29 is 14.3 Å². The predicted molar refractivity (Wildman–Crippen MR) is 52.8 cm³/mol. The standard InChI is InChI=1S/C10H8N2O3/c1-15-10(14)8-6(4-13)2-3-7-9(8)12-5-11-7/h2-5H,1H3,(H,11,12). The van der Waals surface area contributed by atoms with Gasteiger partial charge in [0.05, 0.1) is 24.5 Å². The monoisotopic (exact) mass is 204 g/mol. The first-order valence-electron chi connectivity index (χ1n) is 4.27. The first-order valence-corrected chi connectivity index (χ1v) is 4.27. The molecule has 0 unspecified atom stereocenters. The Balaban J connectivity index is 2.79. The number of nitrogens with one attached hydrogen (secondary N) is 1. The zero-order chi connectivity index (χ0) is 10.8. The zero-order valence-electron chi connectivity index (χ0n) is 7.98. The number of fused-ring (bicyclic) bond motifs is 1. The Labute approximate surface area is 85.1 Å². The Morgan fingerprint density at radius 3 is 3.00 bits per heavy atom. The van der Waals surface area contributed by atoms with Crippen LogP contribution in [-0.2, 0) is 4.74 Å². The smallest absolute Gasteiger partial charge is 0.340 e. The highest BCUT2D eigenvalue weighted by Gasteiger charge is 2.17. The van der Waals surface area contributed by atoms with Gasteiger partial charge >= 0.3 is 5.97 Å². The van der Waals surface area contributed by atoms with E-state index in [2.05, 4.69) is 14.7 Å². The first-order chi connectivity index (χ1) is 7.27. The maximum absolute atomic E-state index is 11.5. The van der Waals surface area contributed by atoms with Crippen LogP contribution in [-0.4, -0.2) is 29.3 Å². The number of hydrogen-bond acceptors (Lipinski definition) is 4. The van der Waals surface area contributed by atoms with E-state index >= 15 is 0 Å². The Bertz CT molecular complexity index is 530. The molecule has 1 N–H and O–H groups in total. The number of carbonyl (C=O) groups excluding carboxylic acids is 2. The van der Waals surface area contributed by atoms with Crippen molar-refractivity contribution in [3.8, 4) is 0 Å². The van der Waals surface area contributed by atoms with E-state index in [-0.39, 0.29) is 11.1 Å². The normalized spacial score (nSPS) is 10.2. The van der Waals surface area contributed by atoms with E-state index in [0.29, 0.717) is 17.3 Å². The molecular weight excluding hydrogens is 196 g/mol. The minimum absolute atomic E-state index is 0.200. The molecule has 76 valence electrons. The van der Waals surface area contributed by atoms with Crippen LogP contribution in [0.4, 0.5) is 0 Å². The highest BCUT2D eigenvalue weighted by Crippen LogP contribution is 2.19. The summed E-state index contributed by atoms with van der Waals surface area (Å²) in [5.41, 5.74) is 1.63. The highest BCUT2D eigenvalue weighted by atomic mass is 16.5. The molecule has 0 saturated heterocycles. The van der Waals surface area contributed by atoms with Gasteiger partial charge in [0.25, 0.3) is 0 Å². The van der Waals surface area contributed by atoms with Crippen molar-refractivity contribution in [1.82, 2.24) is 9.97 Å². The minimum Gasteiger partial charge on any atom is -0.465 e. The van der Waals surface area contributed by atoms with Crippen LogP contribution in [0.3, 0.4) is 0 Å². The van der Waals surface area contributed by atoms with Crippen molar-refractivity contribution in [2.45, 2.75) is 0 Å². The molecule has 0 spiro atoms. The molecule has 1 aromatic carbocycles. The van der Waals surface area contributed by atoms with Crippen LogP contribution in [0.25, 0.3) is 11.0 Å². The van der Waals surface area contributed by atoms with Crippen LogP contribution >= 0.6 is 0 Å². The van der Waals surface area contributed by atoms with Gasteiger partial charge in [0, 0.05) is 5.56 Å². The fourth-order valence-corrected chi connectivity index (χ4v) is 1.44. The van der Waals surface area contributed by atoms with E-state index in [1.165, 1.54) is 13.4 Å². The maximum Gasteiger partial charge on any atom is 0.340 e. The van der Waals surface area contributed by atoms with Crippen LogP contribution in [0.2, 0.25) is 0 Å². The van der Waals surface area contributed by atoms with Crippen molar-refractivity contribution in [2.75, 3.05) is 7.11 Å². The van der Waals surface area contributed by atoms with Gasteiger partial charge in [-0.15, -0.1) is 0 Å². The van der Waals surface area contributed by atoms with E-state index in [1.807, 2.05) is 0 Å². The van der Waals surface area contributed by atoms with Gasteiger partial charge in [-0.1, -0.05) is 0 Å². The van der Waals surface area contributed by atoms with E-state index in [0.717, 1.165) is 0 Å². The molecule has 0 fully saturated rings. The van der Waals surface area contributed by atoms with E-state index in [1.54, 1.807) is 12.1 Å². The van der Waals surface area contributed by atoms with Crippen molar-refractivity contribution in [1.29, 1.82) is 0 Å². The number of hydrogen-bond donors (Lipinski definition) is 1. The van der Waals surface area contributed by atoms with Crippen LogP contribution in [0.15, 0.2) is 18.5 Å². The molecule has 0 bridgehead atoms. The molecule has 0 aliphatic heterocycles. The third kappa shape index (κ3) is 1.38. The molecule has 0 aliphatic rings. The molecule has 0 saturated carbocycles. The minimum atomic E-state index is -0.560. The Morgan fingerprint density at radius 2 is 2.33 bits per heavy atom. The number of aromatic amines is 1. The van der Waals surface area contributed by atoms with Crippen LogP contribution in [0, 0.1) is 0 Å². The van der Waals surface area contributed by atoms with Gasteiger partial charge in [-0.05, 0) is 12.1 Å². The summed E-state index contributed by atoms with van der Waals surface area (Å²) in [5, 5.41) is 0. The van der Waals surface area contributed by atoms with Gasteiger partial charge in [0.2, 0.25) is 0 Å². The fourth-order valence-electron chi connectivity index (χ4n) is 1.44. The summed E-state index contributed by atoms with van der Waals surface area (Å²) in [6.45, 7) is 0. The second-order valence-electron chi connectivity index (χ2n) is 2.94. The molecule has 1 aromatic heterocycles. The van der Waals surface area contributed by atoms with E-state index < -0.39 is 5.97 Å². The van der Waals surface area contributed by atoms with Gasteiger partial charge in [-0.2, -0.15) is 0 Å². The number of H-pyrrole nitrogens is 1. The second-order valence-corrected chi connectivity index (χ2v) is 2.94. The van der Waals surface area contributed by atoms with E-state index in [4.69, 9.17) is 0 Å². The summed E-state index contributed by atoms with van der Waals surface area (Å²) in [7, 11) is 1.27. The molecule has 0 radical (unpaired) electrons. The molecule has 5 nitrogen and oxygen atoms in total. The van der Waals surface area contributed by atoms with E-state index in [9.17, 15) is 9.59 Å². The van der Waals surface area contributed by atoms with Gasteiger partial charge in [0.1, 0.15) is 5.52 Å². The third-order valence-corrected chi connectivity index (χ3v) is 2.14. The molecule has 1 heterocycles. The number of carbonyl (C=O) groups is 2. The molecule has 5 heteroatoms. The number of ether oxygens (including phenoxy) is 1. The van der Waals surface area contributed by atoms with Gasteiger partial charge in [-0.25, -0.2) is 9.78 Å². The van der Waals surface area contributed by atoms with Gasteiger partial charge in [-0.3, -0.25) is 4.79 Å². The average Bonchev–Trinajstić information content (AvgIpc) is 2.74. The molecule has 0 amide bonds. The lowest BCUT2D eigenvalue weighted by atomic mass is 10.1. The SMILES string of the molecule is COC(=O)c1c(C=O)ccc2[nH]cnc12. The molecule has 0 atom stereocenters. The number of esters is 1. The van der Waals surface area contributed by atoms with Crippen molar-refractivity contribution in [3.63, 3.8) is 0 Å². The quantitative estimate of drug-likeness (QED) is 0.588. The number of aromatic nitrogens is 2. The van der Waals surface area contributed by atoms with Gasteiger partial charge in [0.15, 0.2) is 6.29 Å². The Morgan fingerprint density at radius 1 is 1.53 bits per heavy atom. The fraction of sp³-hybridized carbons (Fsp3) is 0.100. The van der Waals surface area contributed by atoms with Crippen molar-refractivity contribution in [3.05, 3.63) is 29.6 Å².